The molecule has 2 aromatic rings. The molecule has 6 nitrogen and oxygen atoms in total. The van der Waals surface area contributed by atoms with Gasteiger partial charge in [-0.2, -0.15) is 9.61 Å². The zero-order valence-electron chi connectivity index (χ0n) is 13.4. The molecule has 0 spiro atoms. The van der Waals surface area contributed by atoms with Crippen molar-refractivity contribution in [1.82, 2.24) is 19.9 Å². The third-order valence-electron chi connectivity index (χ3n) is 3.80. The maximum Gasteiger partial charge on any atom is 0.221 e. The van der Waals surface area contributed by atoms with Crippen molar-refractivity contribution in [1.29, 1.82) is 0 Å². The highest BCUT2D eigenvalue weighted by Gasteiger charge is 2.14. The Hall–Kier alpha value is -2.11. The Bertz CT molecular complexity index is 662. The molecule has 0 saturated carbocycles. The second-order valence-electron chi connectivity index (χ2n) is 5.25. The molecule has 0 radical (unpaired) electrons. The predicted octanol–water partition coefficient (Wildman–Crippen LogP) is 1.48. The van der Waals surface area contributed by atoms with E-state index in [1.807, 2.05) is 31.5 Å². The average Bonchev–Trinajstić information content (AvgIpc) is 2.78. The number of hydrogen-bond acceptors (Lipinski definition) is 4. The first-order valence-electron chi connectivity index (χ1n) is 7.25. The molecule has 2 heterocycles. The summed E-state index contributed by atoms with van der Waals surface area (Å²) < 4.78 is 1.87. The van der Waals surface area contributed by atoms with Crippen LogP contribution in [-0.2, 0) is 11.2 Å². The van der Waals surface area contributed by atoms with Crippen LogP contribution in [0.3, 0.4) is 0 Å². The number of anilines is 1. The number of aryl methyl sites for hydroxylation is 3. The normalized spacial score (nSPS) is 10.9. The van der Waals surface area contributed by atoms with Crippen molar-refractivity contribution in [2.75, 3.05) is 25.5 Å². The predicted molar refractivity (Wildman–Crippen MR) is 83.8 cm³/mol. The SMILES string of the molecule is CCc1cc(N(C)CCC(=O)NC)n2nc(C)c(C)c2n1. The first-order chi connectivity index (χ1) is 9.97. The van der Waals surface area contributed by atoms with Gasteiger partial charge in [0.1, 0.15) is 5.82 Å². The van der Waals surface area contributed by atoms with E-state index >= 15 is 0 Å². The summed E-state index contributed by atoms with van der Waals surface area (Å²) >= 11 is 0. The highest BCUT2D eigenvalue weighted by Crippen LogP contribution is 2.21. The Kier molecular flexibility index (Phi) is 4.45. The fourth-order valence-corrected chi connectivity index (χ4v) is 2.22. The fourth-order valence-electron chi connectivity index (χ4n) is 2.22. The van der Waals surface area contributed by atoms with Gasteiger partial charge in [0.2, 0.25) is 5.91 Å². The van der Waals surface area contributed by atoms with Crippen LogP contribution in [-0.4, -0.2) is 41.1 Å². The number of hydrogen-bond donors (Lipinski definition) is 1. The van der Waals surface area contributed by atoms with Crippen LogP contribution < -0.4 is 10.2 Å². The Morgan fingerprint density at radius 3 is 2.76 bits per heavy atom. The van der Waals surface area contributed by atoms with Gasteiger partial charge in [0, 0.05) is 44.4 Å². The third kappa shape index (κ3) is 2.99. The molecule has 2 aromatic heterocycles. The molecular formula is C15H23N5O. The first-order valence-corrected chi connectivity index (χ1v) is 7.25. The van der Waals surface area contributed by atoms with Crippen molar-refractivity contribution in [2.45, 2.75) is 33.6 Å². The molecule has 0 aliphatic rings. The summed E-state index contributed by atoms with van der Waals surface area (Å²) in [5.41, 5.74) is 4.02. The fraction of sp³-hybridized carbons (Fsp3) is 0.533. The average molecular weight is 289 g/mol. The molecule has 114 valence electrons. The number of nitrogens with zero attached hydrogens (tertiary/aromatic N) is 4. The van der Waals surface area contributed by atoms with E-state index in [4.69, 9.17) is 0 Å². The van der Waals surface area contributed by atoms with Crippen molar-refractivity contribution in [3.8, 4) is 0 Å². The second-order valence-corrected chi connectivity index (χ2v) is 5.25. The Morgan fingerprint density at radius 2 is 2.14 bits per heavy atom. The summed E-state index contributed by atoms with van der Waals surface area (Å²) in [5, 5.41) is 7.21. The minimum Gasteiger partial charge on any atom is -0.359 e. The highest BCUT2D eigenvalue weighted by atomic mass is 16.1. The molecule has 2 rings (SSSR count). The van der Waals surface area contributed by atoms with Crippen molar-refractivity contribution in [3.63, 3.8) is 0 Å². The van der Waals surface area contributed by atoms with Crippen LogP contribution in [0.5, 0.6) is 0 Å². The largest absolute Gasteiger partial charge is 0.359 e. The number of carbonyl (C=O) groups excluding carboxylic acids is 1. The van der Waals surface area contributed by atoms with E-state index in [1.54, 1.807) is 7.05 Å². The molecule has 0 fully saturated rings. The smallest absolute Gasteiger partial charge is 0.221 e. The van der Waals surface area contributed by atoms with Gasteiger partial charge in [-0.25, -0.2) is 4.98 Å². The number of aromatic nitrogens is 3. The van der Waals surface area contributed by atoms with Gasteiger partial charge >= 0.3 is 0 Å². The molecule has 21 heavy (non-hydrogen) atoms. The molecule has 0 aromatic carbocycles. The number of amides is 1. The molecule has 0 unspecified atom stereocenters. The minimum atomic E-state index is 0.0377. The number of nitrogens with one attached hydrogen (secondary N) is 1. The molecule has 1 amide bonds. The first kappa shape index (κ1) is 15.3. The van der Waals surface area contributed by atoms with E-state index in [1.165, 1.54) is 0 Å². The molecule has 0 bridgehead atoms. The van der Waals surface area contributed by atoms with E-state index in [2.05, 4.69) is 27.2 Å². The molecule has 0 aliphatic carbocycles. The van der Waals surface area contributed by atoms with Crippen LogP contribution in [0.15, 0.2) is 6.07 Å². The van der Waals surface area contributed by atoms with Crippen LogP contribution in [0.4, 0.5) is 5.82 Å². The zero-order valence-corrected chi connectivity index (χ0v) is 13.4. The van der Waals surface area contributed by atoms with Crippen molar-refractivity contribution < 1.29 is 4.79 Å². The molecular weight excluding hydrogens is 266 g/mol. The standard InChI is InChI=1S/C15H23N5O/c1-6-12-9-14(19(5)8-7-13(21)16-4)20-15(17-12)10(2)11(3)18-20/h9H,6-8H2,1-5H3,(H,16,21). The van der Waals surface area contributed by atoms with Gasteiger partial charge in [0.25, 0.3) is 0 Å². The van der Waals surface area contributed by atoms with Crippen molar-refractivity contribution in [2.24, 2.45) is 0 Å². The summed E-state index contributed by atoms with van der Waals surface area (Å²) in [7, 11) is 3.63. The van der Waals surface area contributed by atoms with Gasteiger partial charge in [-0.3, -0.25) is 4.79 Å². The molecule has 6 heteroatoms. The lowest BCUT2D eigenvalue weighted by atomic mass is 10.2. The Balaban J connectivity index is 2.41. The van der Waals surface area contributed by atoms with Crippen LogP contribution in [0.2, 0.25) is 0 Å². The minimum absolute atomic E-state index is 0.0377. The lowest BCUT2D eigenvalue weighted by molar-refractivity contribution is -0.120. The molecule has 0 saturated heterocycles. The summed E-state index contributed by atoms with van der Waals surface area (Å²) in [6, 6.07) is 2.04. The van der Waals surface area contributed by atoms with E-state index < -0.39 is 0 Å². The van der Waals surface area contributed by atoms with Crippen molar-refractivity contribution >= 4 is 17.4 Å². The quantitative estimate of drug-likeness (QED) is 0.905. The summed E-state index contributed by atoms with van der Waals surface area (Å²) in [4.78, 5) is 18.1. The van der Waals surface area contributed by atoms with Gasteiger partial charge in [-0.1, -0.05) is 6.92 Å². The van der Waals surface area contributed by atoms with Crippen LogP contribution in [0, 0.1) is 13.8 Å². The second kappa shape index (κ2) is 6.11. The topological polar surface area (TPSA) is 62.5 Å². The van der Waals surface area contributed by atoms with E-state index in [0.29, 0.717) is 13.0 Å². The number of fused-ring (bicyclic) bond motifs is 1. The zero-order chi connectivity index (χ0) is 15.6. The monoisotopic (exact) mass is 289 g/mol. The third-order valence-corrected chi connectivity index (χ3v) is 3.80. The van der Waals surface area contributed by atoms with Crippen LogP contribution in [0.25, 0.3) is 5.65 Å². The summed E-state index contributed by atoms with van der Waals surface area (Å²) in [6.07, 6.45) is 1.33. The summed E-state index contributed by atoms with van der Waals surface area (Å²) in [6.45, 7) is 6.76. The van der Waals surface area contributed by atoms with E-state index in [-0.39, 0.29) is 5.91 Å². The van der Waals surface area contributed by atoms with Gasteiger partial charge in [-0.05, 0) is 20.3 Å². The van der Waals surface area contributed by atoms with Crippen LogP contribution >= 0.6 is 0 Å². The maximum absolute atomic E-state index is 11.4. The Labute approximate surface area is 125 Å². The van der Waals surface area contributed by atoms with Gasteiger partial charge in [0.15, 0.2) is 5.65 Å². The van der Waals surface area contributed by atoms with E-state index in [9.17, 15) is 4.79 Å². The van der Waals surface area contributed by atoms with Gasteiger partial charge in [-0.15, -0.1) is 0 Å². The van der Waals surface area contributed by atoms with Crippen LogP contribution in [0.1, 0.15) is 30.3 Å². The van der Waals surface area contributed by atoms with E-state index in [0.717, 1.165) is 34.8 Å². The molecule has 0 aliphatic heterocycles. The summed E-state index contributed by atoms with van der Waals surface area (Å²) in [5.74, 6) is 1.01. The van der Waals surface area contributed by atoms with Crippen molar-refractivity contribution in [3.05, 3.63) is 23.0 Å². The lowest BCUT2D eigenvalue weighted by Gasteiger charge is -2.20. The number of carbonyl (C=O) groups is 1. The highest BCUT2D eigenvalue weighted by molar-refractivity contribution is 5.76. The molecule has 1 N–H and O–H groups in total. The van der Waals surface area contributed by atoms with Gasteiger partial charge < -0.3 is 10.2 Å². The maximum atomic E-state index is 11.4. The molecule has 0 atom stereocenters. The Morgan fingerprint density at radius 1 is 1.43 bits per heavy atom. The number of rotatable bonds is 5. The lowest BCUT2D eigenvalue weighted by Crippen LogP contribution is -2.27. The van der Waals surface area contributed by atoms with Gasteiger partial charge in [0.05, 0.1) is 5.69 Å².